The number of amides is 2. The highest BCUT2D eigenvalue weighted by molar-refractivity contribution is 7.98. The van der Waals surface area contributed by atoms with Crippen LogP contribution in [0.2, 0.25) is 0 Å². The van der Waals surface area contributed by atoms with Gasteiger partial charge in [-0.2, -0.15) is 33.7 Å². The average Bonchev–Trinajstić information content (AvgIpc) is 2.95. The Bertz CT molecular complexity index is 576. The number of benzene rings is 1. The predicted octanol–water partition coefficient (Wildman–Crippen LogP) is 4.70. The topological polar surface area (TPSA) is 32.3 Å². The molecule has 1 aromatic rings. The number of halogens is 5. The molecule has 0 radical (unpaired) electrons. The third-order valence-electron chi connectivity index (χ3n) is 3.85. The first kappa shape index (κ1) is 18.8. The lowest BCUT2D eigenvalue weighted by Gasteiger charge is -2.24. The van der Waals surface area contributed by atoms with E-state index in [0.29, 0.717) is 18.7 Å². The van der Waals surface area contributed by atoms with Crippen molar-refractivity contribution in [3.05, 3.63) is 29.8 Å². The fraction of sp³-hybridized carbons (Fsp3) is 0.533. The van der Waals surface area contributed by atoms with Gasteiger partial charge in [-0.1, -0.05) is 12.1 Å². The standard InChI is InChI=1S/C15H17F5N2OS/c1-24-9-12-3-2-8-22(12)13(23)21-11-6-4-10(5-7-11)14(16,17)15(18,19)20/h4-7,12H,2-3,8-9H2,1H3,(H,21,23). The van der Waals surface area contributed by atoms with E-state index < -0.39 is 17.7 Å². The fourth-order valence-corrected chi connectivity index (χ4v) is 3.32. The maximum absolute atomic E-state index is 13.2. The van der Waals surface area contributed by atoms with E-state index in [0.717, 1.165) is 30.7 Å². The second kappa shape index (κ2) is 7.16. The Balaban J connectivity index is 2.05. The van der Waals surface area contributed by atoms with Gasteiger partial charge in [-0.05, 0) is 31.2 Å². The number of rotatable bonds is 4. The van der Waals surface area contributed by atoms with Crippen molar-refractivity contribution >= 4 is 23.5 Å². The van der Waals surface area contributed by atoms with Crippen LogP contribution >= 0.6 is 11.8 Å². The van der Waals surface area contributed by atoms with E-state index >= 15 is 0 Å². The molecular weight excluding hydrogens is 351 g/mol. The van der Waals surface area contributed by atoms with Crippen LogP contribution in [0.15, 0.2) is 24.3 Å². The normalized spacial score (nSPS) is 18.8. The Hall–Kier alpha value is -1.51. The van der Waals surface area contributed by atoms with E-state index in [-0.39, 0.29) is 17.8 Å². The van der Waals surface area contributed by atoms with Crippen LogP contribution < -0.4 is 5.32 Å². The van der Waals surface area contributed by atoms with Crippen LogP contribution in [0.1, 0.15) is 18.4 Å². The number of nitrogens with one attached hydrogen (secondary N) is 1. The lowest BCUT2D eigenvalue weighted by atomic mass is 10.1. The molecule has 2 rings (SSSR count). The summed E-state index contributed by atoms with van der Waals surface area (Å²) in [5.74, 6) is -4.13. The van der Waals surface area contributed by atoms with Gasteiger partial charge in [0.1, 0.15) is 0 Å². The number of hydrogen-bond donors (Lipinski definition) is 1. The van der Waals surface area contributed by atoms with Gasteiger partial charge in [0.15, 0.2) is 0 Å². The van der Waals surface area contributed by atoms with Gasteiger partial charge in [-0.25, -0.2) is 4.79 Å². The number of anilines is 1. The van der Waals surface area contributed by atoms with Gasteiger partial charge >= 0.3 is 18.1 Å². The van der Waals surface area contributed by atoms with Crippen LogP contribution in [0.5, 0.6) is 0 Å². The number of carbonyl (C=O) groups excluding carboxylic acids is 1. The van der Waals surface area contributed by atoms with Crippen molar-refractivity contribution in [2.45, 2.75) is 31.0 Å². The number of carbonyl (C=O) groups is 1. The van der Waals surface area contributed by atoms with Gasteiger partial charge in [0.2, 0.25) is 0 Å². The average molecular weight is 368 g/mol. The smallest absolute Gasteiger partial charge is 0.321 e. The summed E-state index contributed by atoms with van der Waals surface area (Å²) in [5, 5.41) is 2.54. The zero-order valence-corrected chi connectivity index (χ0v) is 13.7. The van der Waals surface area contributed by atoms with E-state index in [9.17, 15) is 26.7 Å². The molecule has 1 N–H and O–H groups in total. The summed E-state index contributed by atoms with van der Waals surface area (Å²) in [6.07, 6.45) is -1.94. The Morgan fingerprint density at radius 2 is 1.88 bits per heavy atom. The first-order valence-electron chi connectivity index (χ1n) is 7.28. The van der Waals surface area contributed by atoms with Crippen LogP contribution in [0.4, 0.5) is 32.4 Å². The van der Waals surface area contributed by atoms with Gasteiger partial charge in [-0.15, -0.1) is 0 Å². The van der Waals surface area contributed by atoms with Crippen molar-refractivity contribution in [1.82, 2.24) is 4.90 Å². The molecule has 0 bridgehead atoms. The summed E-state index contributed by atoms with van der Waals surface area (Å²) >= 11 is 1.62. The molecule has 1 fully saturated rings. The largest absolute Gasteiger partial charge is 0.458 e. The molecule has 9 heteroatoms. The number of thioether (sulfide) groups is 1. The SMILES string of the molecule is CSCC1CCCN1C(=O)Nc1ccc(C(F)(F)C(F)(F)F)cc1. The van der Waals surface area contributed by atoms with Crippen molar-refractivity contribution in [2.24, 2.45) is 0 Å². The van der Waals surface area contributed by atoms with Crippen molar-refractivity contribution < 1.29 is 26.7 Å². The Labute approximate surface area is 140 Å². The van der Waals surface area contributed by atoms with Crippen LogP contribution in [-0.4, -0.2) is 41.7 Å². The first-order chi connectivity index (χ1) is 11.2. The highest BCUT2D eigenvalue weighted by atomic mass is 32.2. The van der Waals surface area contributed by atoms with Crippen molar-refractivity contribution in [3.63, 3.8) is 0 Å². The minimum absolute atomic E-state index is 0.105. The Morgan fingerprint density at radius 3 is 2.42 bits per heavy atom. The summed E-state index contributed by atoms with van der Waals surface area (Å²) in [5.41, 5.74) is -0.981. The Kier molecular flexibility index (Phi) is 5.62. The minimum Gasteiger partial charge on any atom is -0.321 e. The van der Waals surface area contributed by atoms with Gasteiger partial charge in [0.05, 0.1) is 0 Å². The highest BCUT2D eigenvalue weighted by Gasteiger charge is 2.58. The fourth-order valence-electron chi connectivity index (χ4n) is 2.59. The van der Waals surface area contributed by atoms with Crippen molar-refractivity contribution in [1.29, 1.82) is 0 Å². The second-order valence-electron chi connectivity index (χ2n) is 5.52. The number of nitrogens with zero attached hydrogens (tertiary/aromatic N) is 1. The van der Waals surface area contributed by atoms with Gasteiger partial charge in [0.25, 0.3) is 0 Å². The maximum atomic E-state index is 13.2. The number of alkyl halides is 5. The summed E-state index contributed by atoms with van der Waals surface area (Å²) in [6.45, 7) is 0.599. The summed E-state index contributed by atoms with van der Waals surface area (Å²) < 4.78 is 63.4. The van der Waals surface area contributed by atoms with Gasteiger partial charge < -0.3 is 10.2 Å². The quantitative estimate of drug-likeness (QED) is 0.782. The van der Waals surface area contributed by atoms with Crippen molar-refractivity contribution in [2.75, 3.05) is 23.9 Å². The summed E-state index contributed by atoms with van der Waals surface area (Å²) in [4.78, 5) is 13.9. The molecule has 2 amide bonds. The van der Waals surface area contributed by atoms with E-state index in [1.165, 1.54) is 0 Å². The van der Waals surface area contributed by atoms with Crippen molar-refractivity contribution in [3.8, 4) is 0 Å². The Morgan fingerprint density at radius 1 is 1.25 bits per heavy atom. The molecular formula is C15H17F5N2OS. The number of likely N-dealkylation sites (tertiary alicyclic amines) is 1. The van der Waals surface area contributed by atoms with E-state index in [1.54, 1.807) is 16.7 Å². The lowest BCUT2D eigenvalue weighted by Crippen LogP contribution is -2.39. The third-order valence-corrected chi connectivity index (χ3v) is 4.57. The summed E-state index contributed by atoms with van der Waals surface area (Å²) in [7, 11) is 0. The second-order valence-corrected chi connectivity index (χ2v) is 6.44. The monoisotopic (exact) mass is 368 g/mol. The molecule has 24 heavy (non-hydrogen) atoms. The zero-order chi connectivity index (χ0) is 18.0. The zero-order valence-electron chi connectivity index (χ0n) is 12.9. The molecule has 1 aliphatic heterocycles. The predicted molar refractivity (Wildman–Crippen MR) is 83.5 cm³/mol. The van der Waals surface area contributed by atoms with Crippen LogP contribution in [0, 0.1) is 0 Å². The van der Waals surface area contributed by atoms with Gasteiger partial charge in [0, 0.05) is 29.6 Å². The molecule has 0 spiro atoms. The molecule has 1 aliphatic rings. The van der Waals surface area contributed by atoms with E-state index in [1.807, 2.05) is 6.26 Å². The van der Waals surface area contributed by atoms with Crippen LogP contribution in [-0.2, 0) is 5.92 Å². The number of urea groups is 1. The third kappa shape index (κ3) is 3.93. The molecule has 1 heterocycles. The number of hydrogen-bond acceptors (Lipinski definition) is 2. The molecule has 1 saturated heterocycles. The minimum atomic E-state index is -5.65. The highest BCUT2D eigenvalue weighted by Crippen LogP contribution is 2.43. The molecule has 134 valence electrons. The molecule has 1 unspecified atom stereocenters. The van der Waals surface area contributed by atoms with E-state index in [4.69, 9.17) is 0 Å². The van der Waals surface area contributed by atoms with Crippen LogP contribution in [0.3, 0.4) is 0 Å². The maximum Gasteiger partial charge on any atom is 0.458 e. The summed E-state index contributed by atoms with van der Waals surface area (Å²) in [6, 6.07) is 3.17. The lowest BCUT2D eigenvalue weighted by molar-refractivity contribution is -0.289. The first-order valence-corrected chi connectivity index (χ1v) is 8.68. The van der Waals surface area contributed by atoms with Gasteiger partial charge in [-0.3, -0.25) is 0 Å². The molecule has 1 aromatic carbocycles. The van der Waals surface area contributed by atoms with E-state index in [2.05, 4.69) is 5.32 Å². The molecule has 0 saturated carbocycles. The van der Waals surface area contributed by atoms with Crippen LogP contribution in [0.25, 0.3) is 0 Å². The molecule has 0 aliphatic carbocycles. The molecule has 3 nitrogen and oxygen atoms in total. The molecule has 1 atom stereocenters. The molecule has 0 aromatic heterocycles.